The molecule has 1 fully saturated rings. The Morgan fingerprint density at radius 3 is 2.28 bits per heavy atom. The number of likely N-dealkylation sites (tertiary alicyclic amines) is 1. The molecule has 5 nitrogen and oxygen atoms in total. The number of amides is 1. The van der Waals surface area contributed by atoms with Crippen LogP contribution in [-0.4, -0.2) is 52.8 Å². The highest BCUT2D eigenvalue weighted by atomic mass is 19.1. The van der Waals surface area contributed by atoms with Crippen LogP contribution in [0.1, 0.15) is 31.0 Å². The Bertz CT molecular complexity index is 923. The second kappa shape index (κ2) is 9.01. The van der Waals surface area contributed by atoms with Gasteiger partial charge < -0.3 is 14.9 Å². The summed E-state index contributed by atoms with van der Waals surface area (Å²) < 4.78 is 14.7. The summed E-state index contributed by atoms with van der Waals surface area (Å²) in [5.74, 6) is -2.32. The number of carbonyl (C=O) groups excluding carboxylic acids is 2. The van der Waals surface area contributed by atoms with E-state index in [0.29, 0.717) is 12.1 Å². The summed E-state index contributed by atoms with van der Waals surface area (Å²) in [4.78, 5) is 29.2. The number of Topliss-reactive ketones (excluding diaryl/α,β-unsaturated/α-hetero) is 1. The molecule has 0 bridgehead atoms. The van der Waals surface area contributed by atoms with Crippen LogP contribution in [0.15, 0.2) is 60.2 Å². The molecule has 0 saturated carbocycles. The van der Waals surface area contributed by atoms with Crippen molar-refractivity contribution in [1.29, 1.82) is 0 Å². The SMILES string of the molecule is CCN(CC)CCN1C(=O)C(=O)C(=C(O)c2ccccc2)[C@@H]1c1ccccc1F. The number of hydrogen-bond donors (Lipinski definition) is 1. The number of aliphatic hydroxyl groups is 1. The lowest BCUT2D eigenvalue weighted by molar-refractivity contribution is -0.140. The van der Waals surface area contributed by atoms with Crippen molar-refractivity contribution in [2.45, 2.75) is 19.9 Å². The van der Waals surface area contributed by atoms with Crippen LogP contribution >= 0.6 is 0 Å². The number of halogens is 1. The van der Waals surface area contributed by atoms with E-state index in [1.807, 2.05) is 13.8 Å². The van der Waals surface area contributed by atoms with E-state index in [1.54, 1.807) is 48.5 Å². The van der Waals surface area contributed by atoms with Gasteiger partial charge in [-0.1, -0.05) is 62.4 Å². The molecule has 0 aliphatic carbocycles. The summed E-state index contributed by atoms with van der Waals surface area (Å²) >= 11 is 0. The third-order valence-electron chi connectivity index (χ3n) is 5.34. The molecule has 0 radical (unpaired) electrons. The summed E-state index contributed by atoms with van der Waals surface area (Å²) in [7, 11) is 0. The first-order valence-electron chi connectivity index (χ1n) is 9.80. The maximum Gasteiger partial charge on any atom is 0.295 e. The van der Waals surface area contributed by atoms with E-state index >= 15 is 0 Å². The van der Waals surface area contributed by atoms with Crippen molar-refractivity contribution >= 4 is 17.4 Å². The molecule has 6 heteroatoms. The summed E-state index contributed by atoms with van der Waals surface area (Å²) in [6.45, 7) is 6.44. The highest BCUT2D eigenvalue weighted by Gasteiger charge is 2.46. The molecule has 1 aliphatic heterocycles. The van der Waals surface area contributed by atoms with E-state index in [4.69, 9.17) is 0 Å². The van der Waals surface area contributed by atoms with Crippen LogP contribution in [0, 0.1) is 5.82 Å². The van der Waals surface area contributed by atoms with E-state index < -0.39 is 23.5 Å². The van der Waals surface area contributed by atoms with Gasteiger partial charge in [0.2, 0.25) is 0 Å². The van der Waals surface area contributed by atoms with Crippen LogP contribution in [0.25, 0.3) is 5.76 Å². The molecule has 1 atom stereocenters. The quantitative estimate of drug-likeness (QED) is 0.441. The average molecular weight is 396 g/mol. The predicted octanol–water partition coefficient (Wildman–Crippen LogP) is 3.59. The van der Waals surface area contributed by atoms with Crippen molar-refractivity contribution in [2.24, 2.45) is 0 Å². The normalized spacial score (nSPS) is 18.6. The molecule has 2 aromatic rings. The Kier molecular flexibility index (Phi) is 6.44. The zero-order chi connectivity index (χ0) is 21.0. The summed E-state index contributed by atoms with van der Waals surface area (Å²) in [6, 6.07) is 13.6. The van der Waals surface area contributed by atoms with Gasteiger partial charge in [-0.05, 0) is 19.2 Å². The fourth-order valence-corrected chi connectivity index (χ4v) is 3.67. The fraction of sp³-hybridized carbons (Fsp3) is 0.304. The molecule has 1 saturated heterocycles. The van der Waals surface area contributed by atoms with Gasteiger partial charge in [-0.2, -0.15) is 0 Å². The largest absolute Gasteiger partial charge is 0.507 e. The second-order valence-electron chi connectivity index (χ2n) is 6.91. The molecule has 1 heterocycles. The molecule has 3 rings (SSSR count). The van der Waals surface area contributed by atoms with Crippen molar-refractivity contribution in [3.63, 3.8) is 0 Å². The molecular formula is C23H25FN2O3. The number of ketones is 1. The summed E-state index contributed by atoms with van der Waals surface area (Å²) in [5, 5.41) is 10.9. The van der Waals surface area contributed by atoms with Gasteiger partial charge in [0.1, 0.15) is 11.6 Å². The van der Waals surface area contributed by atoms with Crippen molar-refractivity contribution in [1.82, 2.24) is 9.80 Å². The van der Waals surface area contributed by atoms with Crippen LogP contribution in [0.3, 0.4) is 0 Å². The summed E-state index contributed by atoms with van der Waals surface area (Å²) in [5.41, 5.74) is 0.533. The van der Waals surface area contributed by atoms with Crippen molar-refractivity contribution < 1.29 is 19.1 Å². The molecular weight excluding hydrogens is 371 g/mol. The minimum atomic E-state index is -0.966. The van der Waals surface area contributed by atoms with Gasteiger partial charge in [-0.3, -0.25) is 9.59 Å². The second-order valence-corrected chi connectivity index (χ2v) is 6.91. The van der Waals surface area contributed by atoms with E-state index in [-0.39, 0.29) is 23.4 Å². The minimum Gasteiger partial charge on any atom is -0.507 e. The van der Waals surface area contributed by atoms with Gasteiger partial charge in [0.25, 0.3) is 11.7 Å². The molecule has 152 valence electrons. The van der Waals surface area contributed by atoms with Crippen LogP contribution in [0.2, 0.25) is 0 Å². The zero-order valence-electron chi connectivity index (χ0n) is 16.6. The molecule has 1 amide bonds. The number of rotatable bonds is 7. The molecule has 0 spiro atoms. The third-order valence-corrected chi connectivity index (χ3v) is 5.34. The van der Waals surface area contributed by atoms with Crippen LogP contribution < -0.4 is 0 Å². The minimum absolute atomic E-state index is 0.0779. The van der Waals surface area contributed by atoms with Crippen molar-refractivity contribution in [2.75, 3.05) is 26.2 Å². The van der Waals surface area contributed by atoms with Gasteiger partial charge in [-0.15, -0.1) is 0 Å². The predicted molar refractivity (Wildman–Crippen MR) is 110 cm³/mol. The molecule has 0 unspecified atom stereocenters. The van der Waals surface area contributed by atoms with Crippen LogP contribution in [-0.2, 0) is 9.59 Å². The number of hydrogen-bond acceptors (Lipinski definition) is 4. The standard InChI is InChI=1S/C23H25FN2O3/c1-3-25(4-2)14-15-26-20(17-12-8-9-13-18(17)24)19(22(28)23(26)29)21(27)16-10-6-5-7-11-16/h5-13,20,27H,3-4,14-15H2,1-2H3/t20-/m0/s1. The first-order valence-corrected chi connectivity index (χ1v) is 9.80. The number of benzene rings is 2. The number of nitrogens with zero attached hydrogens (tertiary/aromatic N) is 2. The topological polar surface area (TPSA) is 60.9 Å². The van der Waals surface area contributed by atoms with Gasteiger partial charge in [0, 0.05) is 24.2 Å². The first kappa shape index (κ1) is 20.7. The highest BCUT2D eigenvalue weighted by molar-refractivity contribution is 6.46. The number of likely N-dealkylation sites (N-methyl/N-ethyl adjacent to an activating group) is 1. The zero-order valence-corrected chi connectivity index (χ0v) is 16.6. The smallest absolute Gasteiger partial charge is 0.295 e. The lowest BCUT2D eigenvalue weighted by Gasteiger charge is -2.28. The molecule has 29 heavy (non-hydrogen) atoms. The Morgan fingerprint density at radius 1 is 1.03 bits per heavy atom. The Hall–Kier alpha value is -2.99. The van der Waals surface area contributed by atoms with E-state index in [1.165, 1.54) is 11.0 Å². The maximum atomic E-state index is 14.7. The average Bonchev–Trinajstić information content (AvgIpc) is 2.99. The van der Waals surface area contributed by atoms with Crippen molar-refractivity contribution in [3.05, 3.63) is 77.1 Å². The number of aliphatic hydroxyl groups excluding tert-OH is 1. The number of carbonyl (C=O) groups is 2. The maximum absolute atomic E-state index is 14.7. The lowest BCUT2D eigenvalue weighted by atomic mass is 9.95. The van der Waals surface area contributed by atoms with Gasteiger partial charge in [-0.25, -0.2) is 4.39 Å². The molecule has 1 aliphatic rings. The van der Waals surface area contributed by atoms with Gasteiger partial charge >= 0.3 is 0 Å². The molecule has 1 N–H and O–H groups in total. The monoisotopic (exact) mass is 396 g/mol. The highest BCUT2D eigenvalue weighted by Crippen LogP contribution is 2.40. The molecule has 0 aromatic heterocycles. The van der Waals surface area contributed by atoms with E-state index in [0.717, 1.165) is 13.1 Å². The summed E-state index contributed by atoms with van der Waals surface area (Å²) in [6.07, 6.45) is 0. The fourth-order valence-electron chi connectivity index (χ4n) is 3.67. The Labute approximate surface area is 170 Å². The Morgan fingerprint density at radius 2 is 1.66 bits per heavy atom. The molecule has 2 aromatic carbocycles. The van der Waals surface area contributed by atoms with Crippen LogP contribution in [0.5, 0.6) is 0 Å². The van der Waals surface area contributed by atoms with Gasteiger partial charge in [0.05, 0.1) is 11.6 Å². The third kappa shape index (κ3) is 4.07. The van der Waals surface area contributed by atoms with E-state index in [9.17, 15) is 19.1 Å². The van der Waals surface area contributed by atoms with Crippen LogP contribution in [0.4, 0.5) is 4.39 Å². The van der Waals surface area contributed by atoms with Gasteiger partial charge in [0.15, 0.2) is 0 Å². The first-order chi connectivity index (χ1) is 14.0. The lowest BCUT2D eigenvalue weighted by Crippen LogP contribution is -2.38. The van der Waals surface area contributed by atoms with E-state index in [2.05, 4.69) is 4.90 Å². The van der Waals surface area contributed by atoms with Crippen molar-refractivity contribution in [3.8, 4) is 0 Å². The Balaban J connectivity index is 2.11.